The Morgan fingerprint density at radius 3 is 2.48 bits per heavy atom. The zero-order chi connectivity index (χ0) is 15.1. The molecule has 1 atom stereocenters. The van der Waals surface area contributed by atoms with Gasteiger partial charge in [0, 0.05) is 5.56 Å². The highest BCUT2D eigenvalue weighted by Crippen LogP contribution is 2.22. The fourth-order valence-corrected chi connectivity index (χ4v) is 2.33. The molecule has 21 heavy (non-hydrogen) atoms. The number of furan rings is 1. The number of hydrogen-bond acceptors (Lipinski definition) is 4. The van der Waals surface area contributed by atoms with Gasteiger partial charge in [0.1, 0.15) is 12.6 Å². The molecule has 2 aromatic rings. The molecule has 1 aromatic heterocycles. The van der Waals surface area contributed by atoms with Crippen LogP contribution >= 0.6 is 0 Å². The monoisotopic (exact) mass is 287 g/mol. The van der Waals surface area contributed by atoms with Crippen molar-refractivity contribution in [2.75, 3.05) is 13.1 Å². The van der Waals surface area contributed by atoms with E-state index in [0.29, 0.717) is 0 Å². The molecule has 0 aliphatic heterocycles. The van der Waals surface area contributed by atoms with Crippen LogP contribution in [0.25, 0.3) is 0 Å². The maximum Gasteiger partial charge on any atom is 0.328 e. The molecule has 4 nitrogen and oxygen atoms in total. The lowest BCUT2D eigenvalue weighted by molar-refractivity contribution is -0.151. The molecule has 0 amide bonds. The molecule has 0 aliphatic carbocycles. The Balaban J connectivity index is 2.12. The Bertz CT molecular complexity index is 532. The van der Waals surface area contributed by atoms with Crippen molar-refractivity contribution in [2.45, 2.75) is 26.5 Å². The molecule has 0 spiro atoms. The van der Waals surface area contributed by atoms with E-state index in [2.05, 4.69) is 4.90 Å². The molecule has 0 fully saturated rings. The van der Waals surface area contributed by atoms with E-state index in [1.54, 1.807) is 18.6 Å². The molecule has 0 saturated carbocycles. The minimum absolute atomic E-state index is 0.230. The van der Waals surface area contributed by atoms with Crippen LogP contribution in [-0.2, 0) is 16.1 Å². The minimum Gasteiger partial charge on any atom is -0.472 e. The van der Waals surface area contributed by atoms with Crippen molar-refractivity contribution in [1.29, 1.82) is 0 Å². The standard InChI is InChI=1S/C17H21NO3/c1-3-18(4-2)16(15-8-6-5-7-9-15)17(19)21-13-14-10-11-20-12-14/h5-12,16H,3-4,13H2,1-2H3/t16-/m0/s1. The summed E-state index contributed by atoms with van der Waals surface area (Å²) < 4.78 is 10.4. The van der Waals surface area contributed by atoms with Crippen LogP contribution < -0.4 is 0 Å². The summed E-state index contributed by atoms with van der Waals surface area (Å²) in [5.74, 6) is -0.230. The number of benzene rings is 1. The van der Waals surface area contributed by atoms with Gasteiger partial charge in [0.2, 0.25) is 0 Å². The van der Waals surface area contributed by atoms with Gasteiger partial charge in [0.25, 0.3) is 0 Å². The lowest BCUT2D eigenvalue weighted by Gasteiger charge is -2.28. The lowest BCUT2D eigenvalue weighted by atomic mass is 10.1. The van der Waals surface area contributed by atoms with Gasteiger partial charge in [-0.1, -0.05) is 44.2 Å². The molecule has 1 heterocycles. The Morgan fingerprint density at radius 2 is 1.90 bits per heavy atom. The third-order valence-corrected chi connectivity index (χ3v) is 3.48. The van der Waals surface area contributed by atoms with Gasteiger partial charge in [-0.2, -0.15) is 0 Å². The molecule has 0 radical (unpaired) electrons. The number of carbonyl (C=O) groups is 1. The van der Waals surface area contributed by atoms with Crippen LogP contribution in [0.1, 0.15) is 31.0 Å². The van der Waals surface area contributed by atoms with Gasteiger partial charge < -0.3 is 9.15 Å². The number of esters is 1. The van der Waals surface area contributed by atoms with Crippen molar-refractivity contribution in [3.63, 3.8) is 0 Å². The normalized spacial score (nSPS) is 12.3. The highest BCUT2D eigenvalue weighted by atomic mass is 16.5. The van der Waals surface area contributed by atoms with Gasteiger partial charge >= 0.3 is 5.97 Å². The molecule has 0 N–H and O–H groups in total. The van der Waals surface area contributed by atoms with E-state index in [4.69, 9.17) is 9.15 Å². The maximum atomic E-state index is 12.5. The lowest BCUT2D eigenvalue weighted by Crippen LogP contribution is -2.35. The van der Waals surface area contributed by atoms with E-state index in [0.717, 1.165) is 24.2 Å². The van der Waals surface area contributed by atoms with Crippen molar-refractivity contribution < 1.29 is 13.9 Å². The first kappa shape index (κ1) is 15.3. The summed E-state index contributed by atoms with van der Waals surface area (Å²) in [6, 6.07) is 11.2. The summed E-state index contributed by atoms with van der Waals surface area (Å²) in [6.07, 6.45) is 3.16. The van der Waals surface area contributed by atoms with Gasteiger partial charge in [-0.15, -0.1) is 0 Å². The van der Waals surface area contributed by atoms with Gasteiger partial charge in [-0.25, -0.2) is 4.79 Å². The predicted molar refractivity (Wildman–Crippen MR) is 80.6 cm³/mol. The van der Waals surface area contributed by atoms with Crippen molar-refractivity contribution >= 4 is 5.97 Å². The summed E-state index contributed by atoms with van der Waals surface area (Å²) in [6.45, 7) is 5.90. The maximum absolute atomic E-state index is 12.5. The second-order valence-corrected chi connectivity index (χ2v) is 4.77. The molecule has 0 bridgehead atoms. The number of hydrogen-bond donors (Lipinski definition) is 0. The molecular weight excluding hydrogens is 266 g/mol. The van der Waals surface area contributed by atoms with E-state index in [1.807, 2.05) is 44.2 Å². The third-order valence-electron chi connectivity index (χ3n) is 3.48. The quantitative estimate of drug-likeness (QED) is 0.732. The number of rotatable bonds is 7. The van der Waals surface area contributed by atoms with Crippen molar-refractivity contribution in [2.24, 2.45) is 0 Å². The molecule has 4 heteroatoms. The number of ether oxygens (including phenoxy) is 1. The molecule has 0 unspecified atom stereocenters. The first-order valence-corrected chi connectivity index (χ1v) is 7.23. The summed E-state index contributed by atoms with van der Waals surface area (Å²) in [7, 11) is 0. The molecule has 0 saturated heterocycles. The smallest absolute Gasteiger partial charge is 0.328 e. The zero-order valence-electron chi connectivity index (χ0n) is 12.5. The van der Waals surface area contributed by atoms with Crippen LogP contribution in [0.15, 0.2) is 53.3 Å². The van der Waals surface area contributed by atoms with Crippen molar-refractivity contribution in [3.05, 3.63) is 60.1 Å². The third kappa shape index (κ3) is 3.95. The molecule has 0 aliphatic rings. The summed E-state index contributed by atoms with van der Waals surface area (Å²) >= 11 is 0. The van der Waals surface area contributed by atoms with Gasteiger partial charge in [0.15, 0.2) is 0 Å². The van der Waals surface area contributed by atoms with Crippen LogP contribution in [0.2, 0.25) is 0 Å². The average Bonchev–Trinajstić information content (AvgIpc) is 3.04. The van der Waals surface area contributed by atoms with Crippen LogP contribution in [0.3, 0.4) is 0 Å². The fourth-order valence-electron chi connectivity index (χ4n) is 2.33. The highest BCUT2D eigenvalue weighted by Gasteiger charge is 2.27. The van der Waals surface area contributed by atoms with E-state index < -0.39 is 0 Å². The summed E-state index contributed by atoms with van der Waals surface area (Å²) in [5, 5.41) is 0. The van der Waals surface area contributed by atoms with Crippen LogP contribution in [0, 0.1) is 0 Å². The molecule has 2 rings (SSSR count). The number of nitrogens with zero attached hydrogens (tertiary/aromatic N) is 1. The second kappa shape index (κ2) is 7.64. The Labute approximate surface area is 125 Å². The second-order valence-electron chi connectivity index (χ2n) is 4.77. The summed E-state index contributed by atoms with van der Waals surface area (Å²) in [5.41, 5.74) is 1.81. The molecule has 112 valence electrons. The Morgan fingerprint density at radius 1 is 1.19 bits per heavy atom. The van der Waals surface area contributed by atoms with Gasteiger partial charge in [-0.05, 0) is 24.7 Å². The Kier molecular flexibility index (Phi) is 5.58. The van der Waals surface area contributed by atoms with Gasteiger partial charge in [-0.3, -0.25) is 4.90 Å². The van der Waals surface area contributed by atoms with Crippen molar-refractivity contribution in [1.82, 2.24) is 4.90 Å². The van der Waals surface area contributed by atoms with E-state index >= 15 is 0 Å². The number of carbonyl (C=O) groups excluding carboxylic acids is 1. The predicted octanol–water partition coefficient (Wildman–Crippen LogP) is 3.41. The fraction of sp³-hybridized carbons (Fsp3) is 0.353. The number of likely N-dealkylation sites (N-methyl/N-ethyl adjacent to an activating group) is 1. The van der Waals surface area contributed by atoms with E-state index in [9.17, 15) is 4.79 Å². The summed E-state index contributed by atoms with van der Waals surface area (Å²) in [4.78, 5) is 14.6. The van der Waals surface area contributed by atoms with E-state index in [-0.39, 0.29) is 18.6 Å². The molecule has 1 aromatic carbocycles. The average molecular weight is 287 g/mol. The SMILES string of the molecule is CCN(CC)[C@H](C(=O)OCc1ccoc1)c1ccccc1. The zero-order valence-corrected chi connectivity index (χ0v) is 12.5. The van der Waals surface area contributed by atoms with Crippen LogP contribution in [-0.4, -0.2) is 24.0 Å². The highest BCUT2D eigenvalue weighted by molar-refractivity contribution is 5.77. The van der Waals surface area contributed by atoms with Crippen molar-refractivity contribution in [3.8, 4) is 0 Å². The first-order valence-electron chi connectivity index (χ1n) is 7.23. The largest absolute Gasteiger partial charge is 0.472 e. The molecular formula is C17H21NO3. The van der Waals surface area contributed by atoms with Gasteiger partial charge in [0.05, 0.1) is 12.5 Å². The first-order chi connectivity index (χ1) is 10.3. The van der Waals surface area contributed by atoms with Crippen LogP contribution in [0.4, 0.5) is 0 Å². The topological polar surface area (TPSA) is 42.7 Å². The van der Waals surface area contributed by atoms with E-state index in [1.165, 1.54) is 0 Å². The Hall–Kier alpha value is -2.07. The minimum atomic E-state index is -0.367. The van der Waals surface area contributed by atoms with Crippen LogP contribution in [0.5, 0.6) is 0 Å².